The fraction of sp³-hybridized carbons (Fsp3) is 0.786. The number of hydrogen-bond donors (Lipinski definition) is 1. The second-order valence-corrected chi connectivity index (χ2v) is 6.98. The molecule has 0 radical (unpaired) electrons. The topological polar surface area (TPSA) is 28.2 Å². The van der Waals surface area contributed by atoms with E-state index in [0.717, 1.165) is 6.54 Å². The monoisotopic (exact) mass is 265 g/mol. The Morgan fingerprint density at radius 2 is 2.17 bits per heavy atom. The van der Waals surface area contributed by atoms with Gasteiger partial charge in [0.25, 0.3) is 0 Å². The van der Waals surface area contributed by atoms with Crippen molar-refractivity contribution in [3.63, 3.8) is 0 Å². The van der Waals surface area contributed by atoms with Crippen LogP contribution in [0.4, 0.5) is 0 Å². The molecule has 4 heteroatoms. The summed E-state index contributed by atoms with van der Waals surface area (Å²) in [7, 11) is 4.31. The number of thiazole rings is 1. The lowest BCUT2D eigenvalue weighted by molar-refractivity contribution is 0.307. The largest absolute Gasteiger partial charge is 0.307 e. The highest BCUT2D eigenvalue weighted by Crippen LogP contribution is 2.39. The fourth-order valence-electron chi connectivity index (χ4n) is 3.31. The van der Waals surface area contributed by atoms with Gasteiger partial charge in [0.1, 0.15) is 5.01 Å². The summed E-state index contributed by atoms with van der Waals surface area (Å²) >= 11 is 1.96. The molecule has 0 amide bonds. The number of nitrogens with zero attached hydrogens (tertiary/aromatic N) is 2. The first-order chi connectivity index (χ1) is 8.64. The van der Waals surface area contributed by atoms with Crippen molar-refractivity contribution in [3.8, 4) is 0 Å². The molecule has 3 nitrogen and oxygen atoms in total. The lowest BCUT2D eigenvalue weighted by Gasteiger charge is -2.26. The predicted octanol–water partition coefficient (Wildman–Crippen LogP) is 2.16. The maximum atomic E-state index is 4.97. The second-order valence-electron chi connectivity index (χ2n) is 5.90. The molecule has 2 atom stereocenters. The van der Waals surface area contributed by atoms with Crippen molar-refractivity contribution in [2.75, 3.05) is 20.6 Å². The summed E-state index contributed by atoms with van der Waals surface area (Å²) in [6.45, 7) is 3.39. The average molecular weight is 265 g/mol. The highest BCUT2D eigenvalue weighted by Gasteiger charge is 2.43. The first-order valence-corrected chi connectivity index (χ1v) is 7.84. The van der Waals surface area contributed by atoms with Crippen molar-refractivity contribution in [1.82, 2.24) is 15.2 Å². The number of nitrogens with one attached hydrogen (secondary N) is 1. The Labute approximate surface area is 114 Å². The van der Waals surface area contributed by atoms with Crippen LogP contribution in [-0.4, -0.2) is 36.6 Å². The SMILES string of the molecule is CNC1(c2nc3c(s2)CCCC3)CC(C)N(C)C1. The van der Waals surface area contributed by atoms with Crippen molar-refractivity contribution in [2.45, 2.75) is 50.6 Å². The van der Waals surface area contributed by atoms with E-state index in [1.165, 1.54) is 42.8 Å². The van der Waals surface area contributed by atoms with Crippen LogP contribution in [0.25, 0.3) is 0 Å². The summed E-state index contributed by atoms with van der Waals surface area (Å²) in [6.07, 6.45) is 6.28. The predicted molar refractivity (Wildman–Crippen MR) is 76.2 cm³/mol. The zero-order chi connectivity index (χ0) is 12.8. The Hall–Kier alpha value is -0.450. The third-order valence-electron chi connectivity index (χ3n) is 4.65. The number of fused-ring (bicyclic) bond motifs is 1. The number of likely N-dealkylation sites (tertiary alicyclic amines) is 1. The van der Waals surface area contributed by atoms with Crippen molar-refractivity contribution >= 4 is 11.3 Å². The number of aryl methyl sites for hydroxylation is 2. The minimum absolute atomic E-state index is 0.0934. The zero-order valence-corrected chi connectivity index (χ0v) is 12.4. The molecule has 2 unspecified atom stereocenters. The van der Waals surface area contributed by atoms with Crippen LogP contribution in [-0.2, 0) is 18.4 Å². The summed E-state index contributed by atoms with van der Waals surface area (Å²) < 4.78 is 0. The van der Waals surface area contributed by atoms with Gasteiger partial charge in [0.2, 0.25) is 0 Å². The third kappa shape index (κ3) is 1.91. The van der Waals surface area contributed by atoms with Crippen molar-refractivity contribution in [3.05, 3.63) is 15.6 Å². The van der Waals surface area contributed by atoms with Gasteiger partial charge < -0.3 is 10.2 Å². The lowest BCUT2D eigenvalue weighted by atomic mass is 9.97. The Balaban J connectivity index is 1.94. The molecule has 0 saturated carbocycles. The van der Waals surface area contributed by atoms with E-state index in [9.17, 15) is 0 Å². The van der Waals surface area contributed by atoms with Crippen LogP contribution in [0.2, 0.25) is 0 Å². The van der Waals surface area contributed by atoms with Crippen LogP contribution in [0, 0.1) is 0 Å². The molecule has 100 valence electrons. The van der Waals surface area contributed by atoms with Crippen molar-refractivity contribution < 1.29 is 0 Å². The standard InChI is InChI=1S/C14H23N3S/c1-10-8-14(15-2,9-17(10)3)13-16-11-6-4-5-7-12(11)18-13/h10,15H,4-9H2,1-3H3. The number of hydrogen-bond acceptors (Lipinski definition) is 4. The molecular weight excluding hydrogens is 242 g/mol. The summed E-state index contributed by atoms with van der Waals surface area (Å²) in [5, 5.41) is 4.90. The van der Waals surface area contributed by atoms with Gasteiger partial charge >= 0.3 is 0 Å². The van der Waals surface area contributed by atoms with Gasteiger partial charge in [0, 0.05) is 17.5 Å². The fourth-order valence-corrected chi connectivity index (χ4v) is 4.65. The number of likely N-dealkylation sites (N-methyl/N-ethyl adjacent to an activating group) is 2. The van der Waals surface area contributed by atoms with Gasteiger partial charge in [-0.25, -0.2) is 4.98 Å². The third-order valence-corrected chi connectivity index (χ3v) is 6.01. The van der Waals surface area contributed by atoms with E-state index in [-0.39, 0.29) is 5.54 Å². The maximum Gasteiger partial charge on any atom is 0.115 e. The number of aromatic nitrogens is 1. The summed E-state index contributed by atoms with van der Waals surface area (Å²) in [5.41, 5.74) is 1.48. The maximum absolute atomic E-state index is 4.97. The van der Waals surface area contributed by atoms with Gasteiger partial charge in [-0.05, 0) is 53.1 Å². The first-order valence-electron chi connectivity index (χ1n) is 7.03. The van der Waals surface area contributed by atoms with E-state index >= 15 is 0 Å². The molecule has 1 aromatic heterocycles. The Kier molecular flexibility index (Phi) is 3.20. The van der Waals surface area contributed by atoms with Gasteiger partial charge in [-0.2, -0.15) is 0 Å². The molecule has 1 aliphatic heterocycles. The smallest absolute Gasteiger partial charge is 0.115 e. The Morgan fingerprint density at radius 1 is 1.39 bits per heavy atom. The van der Waals surface area contributed by atoms with E-state index < -0.39 is 0 Å². The normalized spacial score (nSPS) is 32.7. The van der Waals surface area contributed by atoms with Crippen LogP contribution in [0.1, 0.15) is 41.8 Å². The minimum atomic E-state index is 0.0934. The zero-order valence-electron chi connectivity index (χ0n) is 11.6. The lowest BCUT2D eigenvalue weighted by Crippen LogP contribution is -2.42. The molecule has 1 aliphatic carbocycles. The van der Waals surface area contributed by atoms with Crippen LogP contribution in [0.5, 0.6) is 0 Å². The summed E-state index contributed by atoms with van der Waals surface area (Å²) in [6, 6.07) is 0.637. The quantitative estimate of drug-likeness (QED) is 0.888. The molecule has 1 saturated heterocycles. The van der Waals surface area contributed by atoms with Crippen LogP contribution < -0.4 is 5.32 Å². The van der Waals surface area contributed by atoms with Crippen molar-refractivity contribution in [1.29, 1.82) is 0 Å². The van der Waals surface area contributed by atoms with Gasteiger partial charge in [-0.1, -0.05) is 0 Å². The van der Waals surface area contributed by atoms with Crippen LogP contribution in [0.15, 0.2) is 0 Å². The molecule has 0 spiro atoms. The summed E-state index contributed by atoms with van der Waals surface area (Å²) in [5.74, 6) is 0. The van der Waals surface area contributed by atoms with Gasteiger partial charge in [0.05, 0.1) is 11.2 Å². The van der Waals surface area contributed by atoms with Crippen LogP contribution >= 0.6 is 11.3 Å². The van der Waals surface area contributed by atoms with E-state index in [0.29, 0.717) is 6.04 Å². The molecular formula is C14H23N3S. The molecule has 0 bridgehead atoms. The van der Waals surface area contributed by atoms with E-state index in [1.807, 2.05) is 11.3 Å². The van der Waals surface area contributed by atoms with Gasteiger partial charge in [-0.3, -0.25) is 0 Å². The highest BCUT2D eigenvalue weighted by atomic mass is 32.1. The van der Waals surface area contributed by atoms with Gasteiger partial charge in [0.15, 0.2) is 0 Å². The van der Waals surface area contributed by atoms with Crippen LogP contribution in [0.3, 0.4) is 0 Å². The molecule has 2 aliphatic rings. The molecule has 1 aromatic rings. The van der Waals surface area contributed by atoms with E-state index in [2.05, 4.69) is 31.2 Å². The molecule has 2 heterocycles. The van der Waals surface area contributed by atoms with E-state index in [1.54, 1.807) is 4.88 Å². The second kappa shape index (κ2) is 4.58. The van der Waals surface area contributed by atoms with Crippen molar-refractivity contribution in [2.24, 2.45) is 0 Å². The van der Waals surface area contributed by atoms with Gasteiger partial charge in [-0.15, -0.1) is 11.3 Å². The Bertz CT molecular complexity index is 407. The first kappa shape index (κ1) is 12.6. The molecule has 0 aromatic carbocycles. The summed E-state index contributed by atoms with van der Waals surface area (Å²) in [4.78, 5) is 8.96. The molecule has 1 fully saturated rings. The highest BCUT2D eigenvalue weighted by molar-refractivity contribution is 7.11. The molecule has 3 rings (SSSR count). The Morgan fingerprint density at radius 3 is 2.78 bits per heavy atom. The minimum Gasteiger partial charge on any atom is -0.307 e. The molecule has 1 N–H and O–H groups in total. The average Bonchev–Trinajstić information content (AvgIpc) is 2.92. The molecule has 18 heavy (non-hydrogen) atoms. The van der Waals surface area contributed by atoms with E-state index in [4.69, 9.17) is 4.98 Å². The number of rotatable bonds is 2.